The zero-order valence-electron chi connectivity index (χ0n) is 14.1. The minimum absolute atomic E-state index is 0.648. The van der Waals surface area contributed by atoms with E-state index in [1.54, 1.807) is 0 Å². The van der Waals surface area contributed by atoms with Crippen molar-refractivity contribution in [2.75, 3.05) is 25.6 Å². The molecule has 0 rings (SSSR count). The summed E-state index contributed by atoms with van der Waals surface area (Å²) in [5.74, 6) is 1.03. The maximum Gasteiger partial charge on any atom is 0.500 e. The fourth-order valence-corrected chi connectivity index (χ4v) is 6.14. The molecule has 0 aromatic heterocycles. The third-order valence-corrected chi connectivity index (χ3v) is 7.70. The van der Waals surface area contributed by atoms with Gasteiger partial charge in [-0.15, -0.1) is 11.8 Å². The molecule has 0 aliphatic heterocycles. The van der Waals surface area contributed by atoms with Crippen molar-refractivity contribution in [1.82, 2.24) is 0 Å². The van der Waals surface area contributed by atoms with Gasteiger partial charge in [0.05, 0.1) is 0 Å². The third kappa shape index (κ3) is 10.8. The summed E-state index contributed by atoms with van der Waals surface area (Å²) in [6, 6.07) is 0.882. The van der Waals surface area contributed by atoms with E-state index in [9.17, 15) is 0 Å². The van der Waals surface area contributed by atoms with Crippen molar-refractivity contribution in [1.29, 1.82) is 0 Å². The lowest BCUT2D eigenvalue weighted by molar-refractivity contribution is 0.0712. The molecule has 0 atom stereocenters. The van der Waals surface area contributed by atoms with Crippen LogP contribution >= 0.6 is 24.0 Å². The van der Waals surface area contributed by atoms with Gasteiger partial charge in [-0.05, 0) is 45.8 Å². The van der Waals surface area contributed by atoms with Crippen LogP contribution in [-0.2, 0) is 13.3 Å². The van der Waals surface area contributed by atoms with E-state index < -0.39 is 8.80 Å². The highest BCUT2D eigenvalue weighted by Gasteiger charge is 2.39. The normalized spacial score (nSPS) is 11.8. The fourth-order valence-electron chi connectivity index (χ4n) is 2.07. The quantitative estimate of drug-likeness (QED) is 0.247. The highest BCUT2D eigenvalue weighted by atomic mass is 32.2. The SMILES string of the molecule is CCCCCC(=S)SCCC[Si](OCC)(OCC)OCC. The summed E-state index contributed by atoms with van der Waals surface area (Å²) in [6.07, 6.45) is 5.84. The van der Waals surface area contributed by atoms with Gasteiger partial charge in [0.25, 0.3) is 0 Å². The second-order valence-corrected chi connectivity index (χ2v) is 9.44. The Morgan fingerprint density at radius 1 is 0.905 bits per heavy atom. The van der Waals surface area contributed by atoms with Gasteiger partial charge >= 0.3 is 8.80 Å². The number of unbranched alkanes of at least 4 members (excludes halogenated alkanes) is 2. The molecule has 21 heavy (non-hydrogen) atoms. The van der Waals surface area contributed by atoms with Gasteiger partial charge in [0.2, 0.25) is 0 Å². The maximum absolute atomic E-state index is 5.85. The fraction of sp³-hybridized carbons (Fsp3) is 0.933. The van der Waals surface area contributed by atoms with Crippen LogP contribution in [-0.4, -0.2) is 38.6 Å². The summed E-state index contributed by atoms with van der Waals surface area (Å²) in [6.45, 7) is 10.2. The second kappa shape index (κ2) is 14.1. The van der Waals surface area contributed by atoms with Crippen LogP contribution in [0.3, 0.4) is 0 Å². The first kappa shape index (κ1) is 21.5. The Labute approximate surface area is 141 Å². The van der Waals surface area contributed by atoms with Crippen molar-refractivity contribution in [3.63, 3.8) is 0 Å². The number of thioether (sulfide) groups is 1. The van der Waals surface area contributed by atoms with Crippen LogP contribution in [0.2, 0.25) is 6.04 Å². The highest BCUT2D eigenvalue weighted by Crippen LogP contribution is 2.21. The van der Waals surface area contributed by atoms with Gasteiger partial charge < -0.3 is 13.3 Å². The maximum atomic E-state index is 5.85. The Bertz CT molecular complexity index is 248. The summed E-state index contributed by atoms with van der Waals surface area (Å²) < 4.78 is 18.7. The van der Waals surface area contributed by atoms with Crippen LogP contribution in [0.1, 0.15) is 59.8 Å². The summed E-state index contributed by atoms with van der Waals surface area (Å²) in [4.78, 5) is 0. The first-order valence-electron chi connectivity index (χ1n) is 8.21. The van der Waals surface area contributed by atoms with Crippen LogP contribution in [0.5, 0.6) is 0 Å². The smallest absolute Gasteiger partial charge is 0.374 e. The predicted octanol–water partition coefficient (Wildman–Crippen LogP) is 5.07. The Hall–Kier alpha value is 0.537. The standard InChI is InChI=1S/C15H32O3S2Si/c1-5-9-10-12-15(19)20-13-11-14-21(16-6-2,17-7-3)18-8-4/h5-14H2,1-4H3. The molecular weight excluding hydrogens is 320 g/mol. The van der Waals surface area contributed by atoms with Crippen LogP contribution < -0.4 is 0 Å². The van der Waals surface area contributed by atoms with Crippen molar-refractivity contribution in [2.24, 2.45) is 0 Å². The van der Waals surface area contributed by atoms with Crippen molar-refractivity contribution in [3.8, 4) is 0 Å². The lowest BCUT2D eigenvalue weighted by Crippen LogP contribution is -2.46. The molecule has 0 radical (unpaired) electrons. The van der Waals surface area contributed by atoms with Crippen LogP contribution in [0.25, 0.3) is 0 Å². The average molecular weight is 353 g/mol. The Morgan fingerprint density at radius 2 is 1.48 bits per heavy atom. The predicted molar refractivity (Wildman–Crippen MR) is 99.3 cm³/mol. The van der Waals surface area contributed by atoms with Crippen molar-refractivity contribution >= 4 is 37.0 Å². The number of hydrogen-bond acceptors (Lipinski definition) is 5. The first-order valence-corrected chi connectivity index (χ1v) is 11.5. The van der Waals surface area contributed by atoms with E-state index in [1.807, 2.05) is 32.5 Å². The molecule has 0 aromatic carbocycles. The third-order valence-electron chi connectivity index (χ3n) is 2.97. The number of hydrogen-bond donors (Lipinski definition) is 0. The zero-order chi connectivity index (χ0) is 16.0. The molecule has 6 heteroatoms. The molecule has 0 bridgehead atoms. The van der Waals surface area contributed by atoms with Crippen LogP contribution in [0, 0.1) is 0 Å². The molecule has 0 saturated heterocycles. The molecule has 0 aliphatic rings. The van der Waals surface area contributed by atoms with E-state index in [2.05, 4.69) is 6.92 Å². The lowest BCUT2D eigenvalue weighted by Gasteiger charge is -2.28. The molecule has 0 spiro atoms. The molecule has 0 unspecified atom stereocenters. The topological polar surface area (TPSA) is 27.7 Å². The second-order valence-electron chi connectivity index (χ2n) is 4.76. The van der Waals surface area contributed by atoms with E-state index in [1.165, 1.54) is 19.3 Å². The molecule has 0 saturated carbocycles. The molecule has 0 aromatic rings. The van der Waals surface area contributed by atoms with Crippen LogP contribution in [0.4, 0.5) is 0 Å². The van der Waals surface area contributed by atoms with Crippen molar-refractivity contribution in [3.05, 3.63) is 0 Å². The molecule has 0 fully saturated rings. The lowest BCUT2D eigenvalue weighted by atomic mass is 10.2. The van der Waals surface area contributed by atoms with Crippen molar-refractivity contribution in [2.45, 2.75) is 65.8 Å². The molecular formula is C15H32O3S2Si. The number of thiocarbonyl (C=S) groups is 1. The molecule has 0 amide bonds. The summed E-state index contributed by atoms with van der Waals surface area (Å²) in [5, 5.41) is 0. The summed E-state index contributed by atoms with van der Waals surface area (Å²) in [5.41, 5.74) is 0. The summed E-state index contributed by atoms with van der Waals surface area (Å²) in [7, 11) is -2.46. The molecule has 0 N–H and O–H groups in total. The Balaban J connectivity index is 4.03. The van der Waals surface area contributed by atoms with Gasteiger partial charge in [0, 0.05) is 30.1 Å². The molecule has 126 valence electrons. The Kier molecular flexibility index (Phi) is 14.5. The summed E-state index contributed by atoms with van der Waals surface area (Å²) >= 11 is 7.22. The number of rotatable bonds is 14. The van der Waals surface area contributed by atoms with Gasteiger partial charge in [-0.2, -0.15) is 0 Å². The van der Waals surface area contributed by atoms with Gasteiger partial charge in [-0.1, -0.05) is 32.0 Å². The van der Waals surface area contributed by atoms with E-state index >= 15 is 0 Å². The van der Waals surface area contributed by atoms with Crippen molar-refractivity contribution < 1.29 is 13.3 Å². The van der Waals surface area contributed by atoms with E-state index in [-0.39, 0.29) is 0 Å². The first-order chi connectivity index (χ1) is 10.1. The minimum atomic E-state index is -2.46. The average Bonchev–Trinajstić information content (AvgIpc) is 2.45. The Morgan fingerprint density at radius 3 is 1.95 bits per heavy atom. The van der Waals surface area contributed by atoms with E-state index in [0.717, 1.165) is 28.8 Å². The zero-order valence-corrected chi connectivity index (χ0v) is 16.7. The van der Waals surface area contributed by atoms with E-state index in [4.69, 9.17) is 25.5 Å². The molecule has 0 heterocycles. The van der Waals surface area contributed by atoms with Gasteiger partial charge in [-0.25, -0.2) is 0 Å². The monoisotopic (exact) mass is 352 g/mol. The molecule has 0 aliphatic carbocycles. The largest absolute Gasteiger partial charge is 0.500 e. The molecule has 3 nitrogen and oxygen atoms in total. The van der Waals surface area contributed by atoms with Crippen LogP contribution in [0.15, 0.2) is 0 Å². The van der Waals surface area contributed by atoms with Gasteiger partial charge in [0.1, 0.15) is 0 Å². The van der Waals surface area contributed by atoms with Gasteiger partial charge in [-0.3, -0.25) is 0 Å². The minimum Gasteiger partial charge on any atom is -0.374 e. The highest BCUT2D eigenvalue weighted by molar-refractivity contribution is 8.23. The van der Waals surface area contributed by atoms with Gasteiger partial charge in [0.15, 0.2) is 0 Å². The van der Waals surface area contributed by atoms with E-state index in [0.29, 0.717) is 19.8 Å².